The average Bonchev–Trinajstić information content (AvgIpc) is 2.16. The number of likely N-dealkylation sites (tertiary alicyclic amines) is 1. The van der Waals surface area contributed by atoms with Gasteiger partial charge in [0.25, 0.3) is 0 Å². The minimum Gasteiger partial charge on any atom is -0.368 e. The van der Waals surface area contributed by atoms with Crippen LogP contribution in [0.5, 0.6) is 0 Å². The quantitative estimate of drug-likeness (QED) is 0.663. The number of piperidine rings is 1. The normalized spacial score (nSPS) is 29.5. The maximum atomic E-state index is 11.1. The van der Waals surface area contributed by atoms with Crippen LogP contribution in [0.4, 0.5) is 0 Å². The Labute approximate surface area is 78.3 Å². The molecule has 1 rings (SSSR count). The minimum absolute atomic E-state index is 0.128. The second-order valence-corrected chi connectivity index (χ2v) is 3.32. The lowest BCUT2D eigenvalue weighted by atomic mass is 9.96. The number of rotatable bonds is 2. The molecule has 4 heteroatoms. The molecule has 4 nitrogen and oxygen atoms in total. The summed E-state index contributed by atoms with van der Waals surface area (Å²) in [7, 11) is 0. The van der Waals surface area contributed by atoms with Crippen LogP contribution in [0.15, 0.2) is 0 Å². The van der Waals surface area contributed by atoms with Crippen molar-refractivity contribution in [2.45, 2.75) is 38.3 Å². The number of amides is 1. The number of carbonyl (C=O) groups excluding carboxylic acids is 1. The fourth-order valence-electron chi connectivity index (χ4n) is 1.94. The Balaban J connectivity index is 2.74. The molecule has 1 aliphatic rings. The molecule has 0 saturated carbocycles. The molecule has 13 heavy (non-hydrogen) atoms. The van der Waals surface area contributed by atoms with Crippen molar-refractivity contribution in [1.29, 1.82) is 5.26 Å². The first-order chi connectivity index (χ1) is 6.20. The van der Waals surface area contributed by atoms with E-state index in [0.29, 0.717) is 6.54 Å². The zero-order chi connectivity index (χ0) is 9.84. The molecule has 0 bridgehead atoms. The Hall–Kier alpha value is -1.08. The van der Waals surface area contributed by atoms with Crippen LogP contribution in [0.25, 0.3) is 0 Å². The highest BCUT2D eigenvalue weighted by Crippen LogP contribution is 2.21. The summed E-state index contributed by atoms with van der Waals surface area (Å²) < 4.78 is 0. The summed E-state index contributed by atoms with van der Waals surface area (Å²) in [6.07, 6.45) is 2.57. The summed E-state index contributed by atoms with van der Waals surface area (Å²) in [4.78, 5) is 13.0. The summed E-state index contributed by atoms with van der Waals surface area (Å²) in [6.45, 7) is 2.66. The molecule has 2 unspecified atom stereocenters. The van der Waals surface area contributed by atoms with Gasteiger partial charge >= 0.3 is 0 Å². The van der Waals surface area contributed by atoms with Crippen molar-refractivity contribution in [3.63, 3.8) is 0 Å². The van der Waals surface area contributed by atoms with E-state index < -0.39 is 0 Å². The summed E-state index contributed by atoms with van der Waals surface area (Å²) in [5.41, 5.74) is 5.26. The van der Waals surface area contributed by atoms with E-state index >= 15 is 0 Å². The largest absolute Gasteiger partial charge is 0.368 e. The van der Waals surface area contributed by atoms with E-state index in [1.54, 1.807) is 0 Å². The summed E-state index contributed by atoms with van der Waals surface area (Å²) in [5.74, 6) is -0.304. The van der Waals surface area contributed by atoms with Crippen molar-refractivity contribution in [1.82, 2.24) is 4.90 Å². The van der Waals surface area contributed by atoms with Crippen molar-refractivity contribution in [2.75, 3.05) is 6.54 Å². The van der Waals surface area contributed by atoms with Crippen molar-refractivity contribution in [3.05, 3.63) is 0 Å². The van der Waals surface area contributed by atoms with Crippen molar-refractivity contribution in [3.8, 4) is 6.07 Å². The fourth-order valence-corrected chi connectivity index (χ4v) is 1.94. The second-order valence-electron chi connectivity index (χ2n) is 3.32. The van der Waals surface area contributed by atoms with Gasteiger partial charge in [-0.1, -0.05) is 6.92 Å². The Morgan fingerprint density at radius 1 is 1.69 bits per heavy atom. The van der Waals surface area contributed by atoms with Crippen LogP contribution >= 0.6 is 0 Å². The molecule has 1 amide bonds. The predicted molar refractivity (Wildman–Crippen MR) is 48.6 cm³/mol. The number of nitriles is 1. The van der Waals surface area contributed by atoms with E-state index in [-0.39, 0.29) is 18.0 Å². The van der Waals surface area contributed by atoms with Gasteiger partial charge in [-0.15, -0.1) is 0 Å². The number of hydrogen-bond donors (Lipinski definition) is 1. The number of likely N-dealkylation sites (N-methyl/N-ethyl adjacent to an activating group) is 1. The molecule has 1 saturated heterocycles. The monoisotopic (exact) mass is 181 g/mol. The average molecular weight is 181 g/mol. The van der Waals surface area contributed by atoms with E-state index in [9.17, 15) is 4.79 Å². The number of nitrogens with zero attached hydrogens (tertiary/aromatic N) is 2. The molecule has 0 aromatic heterocycles. The maximum absolute atomic E-state index is 11.1. The fraction of sp³-hybridized carbons (Fsp3) is 0.778. The second kappa shape index (κ2) is 4.24. The zero-order valence-corrected chi connectivity index (χ0v) is 7.86. The highest BCUT2D eigenvalue weighted by atomic mass is 16.1. The van der Waals surface area contributed by atoms with Crippen LogP contribution in [0, 0.1) is 11.3 Å². The van der Waals surface area contributed by atoms with Crippen LogP contribution < -0.4 is 5.73 Å². The van der Waals surface area contributed by atoms with Gasteiger partial charge in [-0.25, -0.2) is 0 Å². The number of hydrogen-bond acceptors (Lipinski definition) is 3. The summed E-state index contributed by atoms with van der Waals surface area (Å²) in [5, 5.41) is 8.85. The Morgan fingerprint density at radius 2 is 2.38 bits per heavy atom. The van der Waals surface area contributed by atoms with Gasteiger partial charge in [-0.2, -0.15) is 5.26 Å². The van der Waals surface area contributed by atoms with E-state index in [4.69, 9.17) is 11.0 Å². The third kappa shape index (κ3) is 1.99. The highest BCUT2D eigenvalue weighted by molar-refractivity contribution is 5.80. The summed E-state index contributed by atoms with van der Waals surface area (Å²) >= 11 is 0. The molecule has 2 atom stereocenters. The third-order valence-corrected chi connectivity index (χ3v) is 2.60. The van der Waals surface area contributed by atoms with Crippen LogP contribution in [0.1, 0.15) is 26.2 Å². The van der Waals surface area contributed by atoms with Crippen LogP contribution in [-0.4, -0.2) is 29.4 Å². The van der Waals surface area contributed by atoms with Gasteiger partial charge in [-0.3, -0.25) is 9.69 Å². The topological polar surface area (TPSA) is 70.1 Å². The molecule has 72 valence electrons. The molecule has 0 radical (unpaired) electrons. The molecule has 1 aliphatic heterocycles. The van der Waals surface area contributed by atoms with Crippen LogP contribution in [-0.2, 0) is 4.79 Å². The smallest absolute Gasteiger partial charge is 0.234 e. The van der Waals surface area contributed by atoms with E-state index in [1.807, 2.05) is 11.8 Å². The number of nitrogens with two attached hydrogens (primary N) is 1. The Bertz CT molecular complexity index is 234. The van der Waals surface area contributed by atoms with Gasteiger partial charge in [0.15, 0.2) is 0 Å². The molecule has 0 aromatic rings. The Morgan fingerprint density at radius 3 is 2.85 bits per heavy atom. The van der Waals surface area contributed by atoms with Gasteiger partial charge < -0.3 is 5.73 Å². The molecule has 1 fully saturated rings. The van der Waals surface area contributed by atoms with Gasteiger partial charge in [0.05, 0.1) is 18.2 Å². The van der Waals surface area contributed by atoms with E-state index in [0.717, 1.165) is 19.3 Å². The first kappa shape index (κ1) is 10.0. The lowest BCUT2D eigenvalue weighted by molar-refractivity contribution is -0.125. The SMILES string of the molecule is CCN1C(C#N)CCCC1C(N)=O. The van der Waals surface area contributed by atoms with Gasteiger partial charge in [0.1, 0.15) is 0 Å². The lowest BCUT2D eigenvalue weighted by Crippen LogP contribution is -2.51. The third-order valence-electron chi connectivity index (χ3n) is 2.60. The lowest BCUT2D eigenvalue weighted by Gasteiger charge is -2.36. The number of carbonyl (C=O) groups is 1. The first-order valence-corrected chi connectivity index (χ1v) is 4.65. The molecule has 2 N–H and O–H groups in total. The van der Waals surface area contributed by atoms with Gasteiger partial charge in [-0.05, 0) is 25.8 Å². The molecule has 1 heterocycles. The molecular weight excluding hydrogens is 166 g/mol. The molecule has 0 spiro atoms. The highest BCUT2D eigenvalue weighted by Gasteiger charge is 2.32. The molecule has 0 aliphatic carbocycles. The van der Waals surface area contributed by atoms with Gasteiger partial charge in [0, 0.05) is 0 Å². The predicted octanol–water partition coefficient (Wildman–Crippen LogP) is 0.238. The van der Waals surface area contributed by atoms with Crippen molar-refractivity contribution < 1.29 is 4.79 Å². The molecular formula is C9H15N3O. The first-order valence-electron chi connectivity index (χ1n) is 4.65. The van der Waals surface area contributed by atoms with Crippen LogP contribution in [0.2, 0.25) is 0 Å². The van der Waals surface area contributed by atoms with E-state index in [2.05, 4.69) is 6.07 Å². The minimum atomic E-state index is -0.304. The zero-order valence-electron chi connectivity index (χ0n) is 7.86. The summed E-state index contributed by atoms with van der Waals surface area (Å²) in [6, 6.07) is 1.85. The maximum Gasteiger partial charge on any atom is 0.234 e. The standard InChI is InChI=1S/C9H15N3O/c1-2-12-7(6-10)4-3-5-8(12)9(11)13/h7-8H,2-5H2,1H3,(H2,11,13). The molecule has 0 aromatic carbocycles. The van der Waals surface area contributed by atoms with E-state index in [1.165, 1.54) is 0 Å². The van der Waals surface area contributed by atoms with Crippen LogP contribution in [0.3, 0.4) is 0 Å². The number of primary amides is 1. The van der Waals surface area contributed by atoms with Crippen molar-refractivity contribution in [2.24, 2.45) is 5.73 Å². The van der Waals surface area contributed by atoms with Crippen molar-refractivity contribution >= 4 is 5.91 Å². The Kier molecular flexibility index (Phi) is 3.26. The van der Waals surface area contributed by atoms with Gasteiger partial charge in [0.2, 0.25) is 5.91 Å².